The molecule has 21 heavy (non-hydrogen) atoms. The predicted molar refractivity (Wildman–Crippen MR) is 75.5 cm³/mol. The molecule has 0 aliphatic carbocycles. The maximum absolute atomic E-state index is 11.3. The topological polar surface area (TPSA) is 116 Å². The summed E-state index contributed by atoms with van der Waals surface area (Å²) in [6, 6.07) is 10.2. The van der Waals surface area contributed by atoms with E-state index in [0.717, 1.165) is 0 Å². The number of benzene rings is 2. The number of nitrogens with one attached hydrogen (secondary N) is 1. The number of nitroso groups, excluding NO2 is 1. The molecule has 0 bridgehead atoms. The van der Waals surface area contributed by atoms with E-state index in [2.05, 4.69) is 10.5 Å². The second-order valence-electron chi connectivity index (χ2n) is 4.07. The summed E-state index contributed by atoms with van der Waals surface area (Å²) in [6.45, 7) is 0. The molecule has 0 aliphatic heterocycles. The van der Waals surface area contributed by atoms with Crippen LogP contribution < -0.4 is 5.32 Å². The first-order chi connectivity index (χ1) is 10.0. The summed E-state index contributed by atoms with van der Waals surface area (Å²) in [7, 11) is 0. The van der Waals surface area contributed by atoms with Crippen molar-refractivity contribution >= 4 is 29.0 Å². The van der Waals surface area contributed by atoms with E-state index in [1.54, 1.807) is 12.1 Å². The fourth-order valence-electron chi connectivity index (χ4n) is 1.87. The van der Waals surface area contributed by atoms with Crippen molar-refractivity contribution in [3.63, 3.8) is 0 Å². The summed E-state index contributed by atoms with van der Waals surface area (Å²) in [4.78, 5) is 33.1. The van der Waals surface area contributed by atoms with Gasteiger partial charge in [0.05, 0.1) is 16.9 Å². The Morgan fingerprint density at radius 2 is 1.57 bits per heavy atom. The summed E-state index contributed by atoms with van der Waals surface area (Å²) in [5.41, 5.74) is -0.254. The van der Waals surface area contributed by atoms with E-state index in [4.69, 9.17) is 5.11 Å². The number of rotatable bonds is 5. The number of carboxylic acids is 2. The summed E-state index contributed by atoms with van der Waals surface area (Å²) in [6.07, 6.45) is 0. The lowest BCUT2D eigenvalue weighted by molar-refractivity contribution is 0.0688. The zero-order valence-corrected chi connectivity index (χ0v) is 10.6. The van der Waals surface area contributed by atoms with Crippen molar-refractivity contribution in [3.8, 4) is 0 Å². The van der Waals surface area contributed by atoms with Gasteiger partial charge in [0.1, 0.15) is 11.3 Å². The summed E-state index contributed by atoms with van der Waals surface area (Å²) in [5.74, 6) is -2.49. The SMILES string of the molecule is O=Nc1cccc(Nc2ccccc2C(=O)O)c1C(=O)O. The first-order valence-electron chi connectivity index (χ1n) is 5.83. The number of para-hydroxylation sites is 1. The van der Waals surface area contributed by atoms with Crippen LogP contribution in [0.1, 0.15) is 20.7 Å². The summed E-state index contributed by atoms with van der Waals surface area (Å²) in [5, 5.41) is 23.7. The van der Waals surface area contributed by atoms with Crippen molar-refractivity contribution in [1.29, 1.82) is 0 Å². The van der Waals surface area contributed by atoms with Gasteiger partial charge in [-0.1, -0.05) is 18.2 Å². The van der Waals surface area contributed by atoms with Crippen LogP contribution in [0.3, 0.4) is 0 Å². The number of hydrogen-bond acceptors (Lipinski definition) is 5. The summed E-state index contributed by atoms with van der Waals surface area (Å²) < 4.78 is 0. The molecule has 0 heterocycles. The fraction of sp³-hybridized carbons (Fsp3) is 0. The Bertz CT molecular complexity index is 727. The highest BCUT2D eigenvalue weighted by atomic mass is 16.4. The lowest BCUT2D eigenvalue weighted by Gasteiger charge is -2.12. The highest BCUT2D eigenvalue weighted by Crippen LogP contribution is 2.30. The molecule has 106 valence electrons. The van der Waals surface area contributed by atoms with Crippen LogP contribution in [-0.4, -0.2) is 22.2 Å². The van der Waals surface area contributed by atoms with Crippen molar-refractivity contribution in [3.05, 3.63) is 58.5 Å². The molecule has 0 amide bonds. The molecule has 0 unspecified atom stereocenters. The van der Waals surface area contributed by atoms with Crippen molar-refractivity contribution in [1.82, 2.24) is 0 Å². The Labute approximate surface area is 118 Å². The highest BCUT2D eigenvalue weighted by Gasteiger charge is 2.18. The van der Waals surface area contributed by atoms with Crippen LogP contribution in [0.25, 0.3) is 0 Å². The monoisotopic (exact) mass is 286 g/mol. The molecule has 7 nitrogen and oxygen atoms in total. The Hall–Kier alpha value is -3.22. The van der Waals surface area contributed by atoms with E-state index in [0.29, 0.717) is 0 Å². The molecule has 0 aliphatic rings. The van der Waals surface area contributed by atoms with Crippen LogP contribution >= 0.6 is 0 Å². The Morgan fingerprint density at radius 1 is 0.905 bits per heavy atom. The number of carbonyl (C=O) groups is 2. The molecule has 0 radical (unpaired) electrons. The first-order valence-corrected chi connectivity index (χ1v) is 5.83. The van der Waals surface area contributed by atoms with Crippen molar-refractivity contribution < 1.29 is 19.8 Å². The minimum Gasteiger partial charge on any atom is -0.478 e. The molecular formula is C14H10N2O5. The molecule has 0 atom stereocenters. The molecule has 7 heteroatoms. The molecule has 0 spiro atoms. The van der Waals surface area contributed by atoms with E-state index in [9.17, 15) is 19.6 Å². The number of hydrogen-bond donors (Lipinski definition) is 3. The Balaban J connectivity index is 2.53. The third kappa shape index (κ3) is 2.86. The second-order valence-corrected chi connectivity index (χ2v) is 4.07. The average Bonchev–Trinajstić information content (AvgIpc) is 2.47. The number of anilines is 2. The van der Waals surface area contributed by atoms with Crippen LogP contribution in [0.2, 0.25) is 0 Å². The largest absolute Gasteiger partial charge is 0.478 e. The van der Waals surface area contributed by atoms with Gasteiger partial charge in [-0.05, 0) is 29.4 Å². The Kier molecular flexibility index (Phi) is 3.94. The normalized spacial score (nSPS) is 9.90. The molecule has 0 fully saturated rings. The molecule has 0 saturated heterocycles. The van der Waals surface area contributed by atoms with E-state index in [1.807, 2.05) is 0 Å². The maximum atomic E-state index is 11.3. The van der Waals surface area contributed by atoms with E-state index >= 15 is 0 Å². The second kappa shape index (κ2) is 5.83. The summed E-state index contributed by atoms with van der Waals surface area (Å²) >= 11 is 0. The van der Waals surface area contributed by atoms with Gasteiger partial charge in [-0.3, -0.25) is 0 Å². The lowest BCUT2D eigenvalue weighted by atomic mass is 10.1. The smallest absolute Gasteiger partial charge is 0.340 e. The van der Waals surface area contributed by atoms with Crippen LogP contribution in [-0.2, 0) is 0 Å². The molecule has 0 aromatic heterocycles. The van der Waals surface area contributed by atoms with Gasteiger partial charge in [-0.2, -0.15) is 0 Å². The van der Waals surface area contributed by atoms with Gasteiger partial charge in [-0.15, -0.1) is 4.91 Å². The zero-order valence-electron chi connectivity index (χ0n) is 10.6. The van der Waals surface area contributed by atoms with Gasteiger partial charge in [0.25, 0.3) is 0 Å². The predicted octanol–water partition coefficient (Wildman–Crippen LogP) is 3.22. The van der Waals surface area contributed by atoms with Crippen LogP contribution in [0.5, 0.6) is 0 Å². The fourth-order valence-corrected chi connectivity index (χ4v) is 1.87. The van der Waals surface area contributed by atoms with Gasteiger partial charge >= 0.3 is 11.9 Å². The Morgan fingerprint density at radius 3 is 2.19 bits per heavy atom. The highest BCUT2D eigenvalue weighted by molar-refractivity contribution is 6.02. The van der Waals surface area contributed by atoms with Gasteiger partial charge < -0.3 is 15.5 Å². The van der Waals surface area contributed by atoms with Gasteiger partial charge in [0, 0.05) is 0 Å². The number of nitrogens with zero attached hydrogens (tertiary/aromatic N) is 1. The standard InChI is InChI=1S/C14H10N2O5/c17-13(18)8-4-1-2-5-9(8)15-10-6-3-7-11(16-21)12(10)14(19)20/h1-7,15H,(H,17,18)(H,19,20). The molecule has 2 rings (SSSR count). The van der Waals surface area contributed by atoms with Crippen molar-refractivity contribution in [2.45, 2.75) is 0 Å². The first kappa shape index (κ1) is 14.2. The lowest BCUT2D eigenvalue weighted by Crippen LogP contribution is -2.06. The molecule has 0 saturated carbocycles. The number of aromatic carboxylic acids is 2. The van der Waals surface area contributed by atoms with Crippen LogP contribution in [0.15, 0.2) is 47.6 Å². The average molecular weight is 286 g/mol. The zero-order chi connectivity index (χ0) is 15.4. The minimum atomic E-state index is -1.33. The van der Waals surface area contributed by atoms with E-state index in [1.165, 1.54) is 30.3 Å². The molecule has 3 N–H and O–H groups in total. The third-order valence-corrected chi connectivity index (χ3v) is 2.78. The van der Waals surface area contributed by atoms with Gasteiger partial charge in [0.15, 0.2) is 0 Å². The van der Waals surface area contributed by atoms with E-state index < -0.39 is 11.9 Å². The molecule has 2 aromatic rings. The van der Waals surface area contributed by atoms with Gasteiger partial charge in [0.2, 0.25) is 0 Å². The minimum absolute atomic E-state index is 0.0155. The maximum Gasteiger partial charge on any atom is 0.340 e. The third-order valence-electron chi connectivity index (χ3n) is 2.78. The quantitative estimate of drug-likeness (QED) is 0.726. The molecule has 2 aromatic carbocycles. The number of carboxylic acid groups (broad SMARTS) is 2. The van der Waals surface area contributed by atoms with Crippen LogP contribution in [0.4, 0.5) is 17.1 Å². The van der Waals surface area contributed by atoms with Gasteiger partial charge in [-0.25, -0.2) is 9.59 Å². The van der Waals surface area contributed by atoms with E-state index in [-0.39, 0.29) is 28.2 Å². The van der Waals surface area contributed by atoms with Crippen LogP contribution in [0, 0.1) is 4.91 Å². The van der Waals surface area contributed by atoms with Crippen molar-refractivity contribution in [2.24, 2.45) is 5.18 Å². The van der Waals surface area contributed by atoms with Crippen molar-refractivity contribution in [2.75, 3.05) is 5.32 Å². The molecular weight excluding hydrogens is 276 g/mol.